The maximum atomic E-state index is 12.3. The number of para-hydroxylation sites is 1. The molecular weight excluding hydrogens is 276 g/mol. The number of anilines is 1. The van der Waals surface area contributed by atoms with Crippen LogP contribution in [0.1, 0.15) is 22.8 Å². The van der Waals surface area contributed by atoms with Gasteiger partial charge in [0.05, 0.1) is 11.3 Å². The molecule has 2 aromatic carbocycles. The summed E-state index contributed by atoms with van der Waals surface area (Å²) >= 11 is 0. The first-order chi connectivity index (χ1) is 10.6. The molecule has 0 radical (unpaired) electrons. The van der Waals surface area contributed by atoms with Gasteiger partial charge in [0.15, 0.2) is 0 Å². The second kappa shape index (κ2) is 7.41. The summed E-state index contributed by atoms with van der Waals surface area (Å²) in [6, 6.07) is 16.9. The molecule has 0 aromatic heterocycles. The number of hydrogen-bond acceptors (Lipinski definition) is 2. The van der Waals surface area contributed by atoms with Crippen LogP contribution in [0.5, 0.6) is 0 Å². The van der Waals surface area contributed by atoms with Crippen molar-refractivity contribution < 1.29 is 9.59 Å². The van der Waals surface area contributed by atoms with Crippen molar-refractivity contribution in [3.05, 3.63) is 65.7 Å². The number of amides is 2. The van der Waals surface area contributed by atoms with Crippen molar-refractivity contribution in [2.24, 2.45) is 5.92 Å². The predicted molar refractivity (Wildman–Crippen MR) is 87.8 cm³/mol. The van der Waals surface area contributed by atoms with Crippen molar-refractivity contribution in [1.29, 1.82) is 0 Å². The molecule has 0 aliphatic carbocycles. The van der Waals surface area contributed by atoms with Crippen molar-refractivity contribution >= 4 is 17.5 Å². The number of benzene rings is 2. The zero-order chi connectivity index (χ0) is 15.9. The Kier molecular flexibility index (Phi) is 5.31. The van der Waals surface area contributed by atoms with Crippen molar-refractivity contribution in [3.8, 4) is 0 Å². The molecule has 0 saturated heterocycles. The van der Waals surface area contributed by atoms with Crippen molar-refractivity contribution in [3.63, 3.8) is 0 Å². The third-order valence-electron chi connectivity index (χ3n) is 3.49. The molecular formula is C18H20N2O2. The molecule has 4 heteroatoms. The fraction of sp³-hybridized carbons (Fsp3) is 0.222. The molecule has 0 spiro atoms. The maximum absolute atomic E-state index is 12.3. The Morgan fingerprint density at radius 2 is 1.64 bits per heavy atom. The highest BCUT2D eigenvalue weighted by atomic mass is 16.2. The lowest BCUT2D eigenvalue weighted by Gasteiger charge is -2.14. The summed E-state index contributed by atoms with van der Waals surface area (Å²) in [7, 11) is 1.57. The molecule has 1 atom stereocenters. The van der Waals surface area contributed by atoms with Gasteiger partial charge >= 0.3 is 0 Å². The summed E-state index contributed by atoms with van der Waals surface area (Å²) in [5, 5.41) is 5.42. The van der Waals surface area contributed by atoms with Crippen LogP contribution in [0.15, 0.2) is 54.6 Å². The summed E-state index contributed by atoms with van der Waals surface area (Å²) in [5.41, 5.74) is 2.11. The highest BCUT2D eigenvalue weighted by molar-refractivity contribution is 6.04. The average molecular weight is 296 g/mol. The number of rotatable bonds is 5. The van der Waals surface area contributed by atoms with Crippen molar-refractivity contribution in [1.82, 2.24) is 5.32 Å². The third-order valence-corrected chi connectivity index (χ3v) is 3.49. The SMILES string of the molecule is CNC(=O)c1ccccc1NC(=O)C(C)Cc1ccccc1. The van der Waals surface area contributed by atoms with Crippen LogP contribution in [0, 0.1) is 5.92 Å². The normalized spacial score (nSPS) is 11.5. The molecule has 0 bridgehead atoms. The van der Waals surface area contributed by atoms with E-state index >= 15 is 0 Å². The topological polar surface area (TPSA) is 58.2 Å². The van der Waals surface area contributed by atoms with Crippen LogP contribution >= 0.6 is 0 Å². The Bertz CT molecular complexity index is 653. The van der Waals surface area contributed by atoms with Crippen LogP contribution in [-0.2, 0) is 11.2 Å². The van der Waals surface area contributed by atoms with E-state index in [1.54, 1.807) is 31.3 Å². The molecule has 0 aliphatic rings. The van der Waals surface area contributed by atoms with Crippen molar-refractivity contribution in [2.45, 2.75) is 13.3 Å². The van der Waals surface area contributed by atoms with Gasteiger partial charge in [-0.25, -0.2) is 0 Å². The lowest BCUT2D eigenvalue weighted by molar-refractivity contribution is -0.119. The number of nitrogens with one attached hydrogen (secondary N) is 2. The van der Waals surface area contributed by atoms with E-state index < -0.39 is 0 Å². The zero-order valence-corrected chi connectivity index (χ0v) is 12.8. The minimum Gasteiger partial charge on any atom is -0.355 e. The van der Waals surface area contributed by atoms with E-state index in [-0.39, 0.29) is 17.7 Å². The van der Waals surface area contributed by atoms with Crippen LogP contribution in [-0.4, -0.2) is 18.9 Å². The highest BCUT2D eigenvalue weighted by Crippen LogP contribution is 2.17. The fourth-order valence-electron chi connectivity index (χ4n) is 2.24. The molecule has 0 aliphatic heterocycles. The molecule has 0 heterocycles. The van der Waals surface area contributed by atoms with Crippen molar-refractivity contribution in [2.75, 3.05) is 12.4 Å². The molecule has 1 unspecified atom stereocenters. The second-order valence-corrected chi connectivity index (χ2v) is 5.20. The first-order valence-electron chi connectivity index (χ1n) is 7.27. The lowest BCUT2D eigenvalue weighted by Crippen LogP contribution is -2.25. The molecule has 114 valence electrons. The van der Waals surface area contributed by atoms with Gasteiger partial charge in [-0.2, -0.15) is 0 Å². The van der Waals surface area contributed by atoms with Gasteiger partial charge in [-0.05, 0) is 24.1 Å². The number of carbonyl (C=O) groups excluding carboxylic acids is 2. The molecule has 0 saturated carbocycles. The molecule has 2 amide bonds. The summed E-state index contributed by atoms with van der Waals surface area (Å²) in [6.45, 7) is 1.88. The third kappa shape index (κ3) is 3.95. The molecule has 4 nitrogen and oxygen atoms in total. The fourth-order valence-corrected chi connectivity index (χ4v) is 2.24. The molecule has 22 heavy (non-hydrogen) atoms. The van der Waals surface area contributed by atoms with E-state index in [0.717, 1.165) is 5.56 Å². The summed E-state index contributed by atoms with van der Waals surface area (Å²) < 4.78 is 0. The minimum atomic E-state index is -0.216. The quantitative estimate of drug-likeness (QED) is 0.891. The van der Waals surface area contributed by atoms with Gasteiger partial charge in [0.25, 0.3) is 5.91 Å². The van der Waals surface area contributed by atoms with Gasteiger partial charge in [-0.3, -0.25) is 9.59 Å². The van der Waals surface area contributed by atoms with Crippen LogP contribution in [0.4, 0.5) is 5.69 Å². The van der Waals surface area contributed by atoms with Crippen LogP contribution in [0.2, 0.25) is 0 Å². The zero-order valence-electron chi connectivity index (χ0n) is 12.8. The van der Waals surface area contributed by atoms with E-state index in [1.807, 2.05) is 37.3 Å². The van der Waals surface area contributed by atoms with E-state index in [1.165, 1.54) is 0 Å². The molecule has 2 rings (SSSR count). The largest absolute Gasteiger partial charge is 0.355 e. The first-order valence-corrected chi connectivity index (χ1v) is 7.27. The van der Waals surface area contributed by atoms with Gasteiger partial charge in [0.2, 0.25) is 5.91 Å². The van der Waals surface area contributed by atoms with Gasteiger partial charge < -0.3 is 10.6 Å². The molecule has 0 fully saturated rings. The Morgan fingerprint density at radius 3 is 2.32 bits per heavy atom. The number of hydrogen-bond donors (Lipinski definition) is 2. The minimum absolute atomic E-state index is 0.0970. The van der Waals surface area contributed by atoms with E-state index in [4.69, 9.17) is 0 Å². The predicted octanol–water partition coefficient (Wildman–Crippen LogP) is 2.86. The second-order valence-electron chi connectivity index (χ2n) is 5.20. The summed E-state index contributed by atoms with van der Waals surface area (Å²) in [5.74, 6) is -0.494. The molecule has 2 N–H and O–H groups in total. The van der Waals surface area contributed by atoms with Gasteiger partial charge in [0, 0.05) is 13.0 Å². The standard InChI is InChI=1S/C18H20N2O2/c1-13(12-14-8-4-3-5-9-14)17(21)20-16-11-7-6-10-15(16)18(22)19-2/h3-11,13H,12H2,1-2H3,(H,19,22)(H,20,21). The van der Waals surface area contributed by atoms with Gasteiger partial charge in [-0.15, -0.1) is 0 Å². The van der Waals surface area contributed by atoms with E-state index in [2.05, 4.69) is 10.6 Å². The summed E-state index contributed by atoms with van der Waals surface area (Å²) in [6.07, 6.45) is 0.662. The smallest absolute Gasteiger partial charge is 0.253 e. The summed E-state index contributed by atoms with van der Waals surface area (Å²) in [4.78, 5) is 24.2. The van der Waals surface area contributed by atoms with Gasteiger partial charge in [0.1, 0.15) is 0 Å². The molecule has 2 aromatic rings. The van der Waals surface area contributed by atoms with Crippen LogP contribution < -0.4 is 10.6 Å². The number of carbonyl (C=O) groups is 2. The Labute approximate surface area is 130 Å². The van der Waals surface area contributed by atoms with E-state index in [9.17, 15) is 9.59 Å². The van der Waals surface area contributed by atoms with Crippen LogP contribution in [0.25, 0.3) is 0 Å². The van der Waals surface area contributed by atoms with Crippen LogP contribution in [0.3, 0.4) is 0 Å². The Hall–Kier alpha value is -2.62. The Balaban J connectivity index is 2.07. The van der Waals surface area contributed by atoms with Gasteiger partial charge in [-0.1, -0.05) is 49.4 Å². The first kappa shape index (κ1) is 15.8. The average Bonchev–Trinajstić information content (AvgIpc) is 2.55. The maximum Gasteiger partial charge on any atom is 0.253 e. The van der Waals surface area contributed by atoms with E-state index in [0.29, 0.717) is 17.7 Å². The lowest BCUT2D eigenvalue weighted by atomic mass is 10.00. The Morgan fingerprint density at radius 1 is 1.00 bits per heavy atom. The monoisotopic (exact) mass is 296 g/mol. The highest BCUT2D eigenvalue weighted by Gasteiger charge is 2.16.